The van der Waals surface area contributed by atoms with Crippen molar-refractivity contribution in [3.63, 3.8) is 0 Å². The van der Waals surface area contributed by atoms with Crippen molar-refractivity contribution >= 4 is 6.08 Å². The third-order valence-corrected chi connectivity index (χ3v) is 2.76. The SMILES string of the molecule is CCNC(C)/C(C)=C/c1ccc(OC)c(F)c1. The van der Waals surface area contributed by atoms with Gasteiger partial charge in [-0.25, -0.2) is 4.39 Å². The molecule has 0 aliphatic carbocycles. The van der Waals surface area contributed by atoms with E-state index in [0.29, 0.717) is 6.04 Å². The van der Waals surface area contributed by atoms with Crippen molar-refractivity contribution < 1.29 is 9.13 Å². The monoisotopic (exact) mass is 237 g/mol. The molecule has 1 N–H and O–H groups in total. The molecule has 1 aromatic carbocycles. The van der Waals surface area contributed by atoms with E-state index in [1.54, 1.807) is 6.07 Å². The maximum atomic E-state index is 13.5. The zero-order chi connectivity index (χ0) is 12.8. The van der Waals surface area contributed by atoms with Gasteiger partial charge in [0.1, 0.15) is 0 Å². The van der Waals surface area contributed by atoms with Gasteiger partial charge in [-0.2, -0.15) is 0 Å². The zero-order valence-corrected chi connectivity index (χ0v) is 10.9. The van der Waals surface area contributed by atoms with Crippen molar-refractivity contribution in [2.24, 2.45) is 0 Å². The van der Waals surface area contributed by atoms with E-state index in [4.69, 9.17) is 4.74 Å². The Bertz CT molecular complexity index is 401. The van der Waals surface area contributed by atoms with Crippen LogP contribution in [0, 0.1) is 5.82 Å². The molecule has 1 aromatic rings. The molecule has 0 aliphatic heterocycles. The molecule has 0 amide bonds. The first-order valence-electron chi connectivity index (χ1n) is 5.83. The minimum atomic E-state index is -0.329. The first kappa shape index (κ1) is 13.7. The standard InChI is InChI=1S/C14H20FNO/c1-5-16-11(3)10(2)8-12-6-7-14(17-4)13(15)9-12/h6-9,11,16H,5H2,1-4H3/b10-8+. The molecule has 0 aromatic heterocycles. The van der Waals surface area contributed by atoms with E-state index < -0.39 is 0 Å². The molecule has 2 nitrogen and oxygen atoms in total. The third kappa shape index (κ3) is 3.86. The second-order valence-electron chi connectivity index (χ2n) is 4.06. The molecule has 0 bridgehead atoms. The van der Waals surface area contributed by atoms with Gasteiger partial charge in [0.2, 0.25) is 0 Å². The highest BCUT2D eigenvalue weighted by molar-refractivity contribution is 5.54. The molecule has 0 saturated heterocycles. The van der Waals surface area contributed by atoms with Gasteiger partial charge >= 0.3 is 0 Å². The lowest BCUT2D eigenvalue weighted by molar-refractivity contribution is 0.386. The van der Waals surface area contributed by atoms with E-state index in [1.165, 1.54) is 18.7 Å². The molecule has 0 fully saturated rings. The normalized spacial score (nSPS) is 13.6. The van der Waals surface area contributed by atoms with Crippen molar-refractivity contribution in [2.75, 3.05) is 13.7 Å². The number of halogens is 1. The van der Waals surface area contributed by atoms with Crippen LogP contribution >= 0.6 is 0 Å². The Morgan fingerprint density at radius 3 is 2.76 bits per heavy atom. The van der Waals surface area contributed by atoms with Crippen molar-refractivity contribution in [1.82, 2.24) is 5.32 Å². The Labute approximate surface area is 102 Å². The summed E-state index contributed by atoms with van der Waals surface area (Å²) in [5.74, 6) is -0.0512. The van der Waals surface area contributed by atoms with E-state index in [9.17, 15) is 4.39 Å². The highest BCUT2D eigenvalue weighted by Gasteiger charge is 2.04. The molecule has 0 aliphatic rings. The Morgan fingerprint density at radius 1 is 1.53 bits per heavy atom. The highest BCUT2D eigenvalue weighted by atomic mass is 19.1. The maximum Gasteiger partial charge on any atom is 0.165 e. The number of likely N-dealkylation sites (N-methyl/N-ethyl adjacent to an activating group) is 1. The Kier molecular flexibility index (Phi) is 5.16. The van der Waals surface area contributed by atoms with E-state index in [2.05, 4.69) is 19.2 Å². The Hall–Kier alpha value is -1.35. The average molecular weight is 237 g/mol. The summed E-state index contributed by atoms with van der Waals surface area (Å²) in [6.45, 7) is 7.12. The lowest BCUT2D eigenvalue weighted by Crippen LogP contribution is -2.26. The molecule has 0 spiro atoms. The first-order valence-corrected chi connectivity index (χ1v) is 5.83. The lowest BCUT2D eigenvalue weighted by atomic mass is 10.1. The van der Waals surface area contributed by atoms with Crippen LogP contribution in [0.25, 0.3) is 6.08 Å². The molecular formula is C14H20FNO. The van der Waals surface area contributed by atoms with Gasteiger partial charge in [-0.3, -0.25) is 0 Å². The quantitative estimate of drug-likeness (QED) is 0.849. The fraction of sp³-hybridized carbons (Fsp3) is 0.429. The van der Waals surface area contributed by atoms with Gasteiger partial charge in [-0.1, -0.05) is 24.6 Å². The van der Waals surface area contributed by atoms with Crippen LogP contribution in [0.15, 0.2) is 23.8 Å². The minimum absolute atomic E-state index is 0.277. The summed E-state index contributed by atoms with van der Waals surface area (Å²) in [6, 6.07) is 5.28. The number of methoxy groups -OCH3 is 1. The molecule has 0 radical (unpaired) electrons. The number of hydrogen-bond donors (Lipinski definition) is 1. The molecule has 94 valence electrons. The van der Waals surface area contributed by atoms with Gasteiger partial charge in [-0.15, -0.1) is 0 Å². The van der Waals surface area contributed by atoms with Gasteiger partial charge < -0.3 is 10.1 Å². The predicted molar refractivity (Wildman–Crippen MR) is 69.7 cm³/mol. The van der Waals surface area contributed by atoms with E-state index in [0.717, 1.165) is 12.1 Å². The fourth-order valence-corrected chi connectivity index (χ4v) is 1.63. The summed E-state index contributed by atoms with van der Waals surface area (Å²) in [6.07, 6.45) is 1.98. The van der Waals surface area contributed by atoms with Gasteiger partial charge in [0, 0.05) is 6.04 Å². The van der Waals surface area contributed by atoms with E-state index in [-0.39, 0.29) is 11.6 Å². The molecule has 17 heavy (non-hydrogen) atoms. The summed E-state index contributed by atoms with van der Waals surface area (Å²) >= 11 is 0. The maximum absolute atomic E-state index is 13.5. The summed E-state index contributed by atoms with van der Waals surface area (Å²) in [7, 11) is 1.46. The molecular weight excluding hydrogens is 217 g/mol. The average Bonchev–Trinajstić information content (AvgIpc) is 2.29. The summed E-state index contributed by atoms with van der Waals surface area (Å²) in [4.78, 5) is 0. The third-order valence-electron chi connectivity index (χ3n) is 2.76. The van der Waals surface area contributed by atoms with Gasteiger partial charge in [0.05, 0.1) is 7.11 Å². The highest BCUT2D eigenvalue weighted by Crippen LogP contribution is 2.19. The smallest absolute Gasteiger partial charge is 0.165 e. The van der Waals surface area contributed by atoms with Gasteiger partial charge in [0.15, 0.2) is 11.6 Å². The van der Waals surface area contributed by atoms with Crippen LogP contribution in [0.4, 0.5) is 4.39 Å². The second kappa shape index (κ2) is 6.40. The van der Waals surface area contributed by atoms with E-state index >= 15 is 0 Å². The molecule has 1 unspecified atom stereocenters. The van der Waals surface area contributed by atoms with Crippen LogP contribution in [-0.4, -0.2) is 19.7 Å². The van der Waals surface area contributed by atoms with Crippen LogP contribution in [0.5, 0.6) is 5.75 Å². The summed E-state index contributed by atoms with van der Waals surface area (Å²) < 4.78 is 18.4. The molecule has 1 atom stereocenters. The topological polar surface area (TPSA) is 21.3 Å². The molecule has 3 heteroatoms. The van der Waals surface area contributed by atoms with Gasteiger partial charge in [-0.05, 0) is 38.1 Å². The lowest BCUT2D eigenvalue weighted by Gasteiger charge is -2.13. The van der Waals surface area contributed by atoms with Gasteiger partial charge in [0.25, 0.3) is 0 Å². The van der Waals surface area contributed by atoms with Crippen LogP contribution in [0.2, 0.25) is 0 Å². The van der Waals surface area contributed by atoms with Crippen molar-refractivity contribution in [3.05, 3.63) is 35.2 Å². The van der Waals surface area contributed by atoms with Crippen LogP contribution < -0.4 is 10.1 Å². The number of nitrogens with one attached hydrogen (secondary N) is 1. The largest absolute Gasteiger partial charge is 0.494 e. The van der Waals surface area contributed by atoms with Crippen molar-refractivity contribution in [1.29, 1.82) is 0 Å². The second-order valence-corrected chi connectivity index (χ2v) is 4.06. The Morgan fingerprint density at radius 2 is 2.24 bits per heavy atom. The van der Waals surface area contributed by atoms with Crippen molar-refractivity contribution in [2.45, 2.75) is 26.8 Å². The number of hydrogen-bond acceptors (Lipinski definition) is 2. The zero-order valence-electron chi connectivity index (χ0n) is 10.9. The number of benzene rings is 1. The fourth-order valence-electron chi connectivity index (χ4n) is 1.63. The molecule has 0 saturated carbocycles. The summed E-state index contributed by atoms with van der Waals surface area (Å²) in [5.41, 5.74) is 2.03. The van der Waals surface area contributed by atoms with Crippen LogP contribution in [0.1, 0.15) is 26.3 Å². The molecule has 0 heterocycles. The number of rotatable bonds is 5. The minimum Gasteiger partial charge on any atom is -0.494 e. The predicted octanol–water partition coefficient (Wildman–Crippen LogP) is 3.24. The van der Waals surface area contributed by atoms with Crippen LogP contribution in [0.3, 0.4) is 0 Å². The first-order chi connectivity index (χ1) is 8.08. The van der Waals surface area contributed by atoms with Crippen LogP contribution in [-0.2, 0) is 0 Å². The molecule has 1 rings (SSSR count). The Balaban J connectivity index is 2.87. The summed E-state index contributed by atoms with van der Waals surface area (Å²) in [5, 5.41) is 3.32. The number of ether oxygens (including phenoxy) is 1. The van der Waals surface area contributed by atoms with Crippen molar-refractivity contribution in [3.8, 4) is 5.75 Å². The van der Waals surface area contributed by atoms with E-state index in [1.807, 2.05) is 19.1 Å².